The normalized spacial score (nSPS) is 32.1. The highest BCUT2D eigenvalue weighted by Gasteiger charge is 2.20. The lowest BCUT2D eigenvalue weighted by atomic mass is 10.1. The van der Waals surface area contributed by atoms with Crippen molar-refractivity contribution in [1.29, 1.82) is 0 Å². The lowest BCUT2D eigenvalue weighted by Crippen LogP contribution is -2.36. The average Bonchev–Trinajstić information content (AvgIpc) is 2.62. The Labute approximate surface area is 88.1 Å². The van der Waals surface area contributed by atoms with Crippen LogP contribution in [-0.2, 0) is 0 Å². The second kappa shape index (κ2) is 5.72. The Balaban J connectivity index is 1.83. The molecule has 2 nitrogen and oxygen atoms in total. The number of likely N-dealkylation sites (tertiary alicyclic amines) is 1. The first-order valence-corrected chi connectivity index (χ1v) is 6.41. The van der Waals surface area contributed by atoms with Crippen LogP contribution in [0.5, 0.6) is 0 Å². The van der Waals surface area contributed by atoms with Gasteiger partial charge in [-0.1, -0.05) is 12.8 Å². The first-order chi connectivity index (χ1) is 6.97. The van der Waals surface area contributed by atoms with Gasteiger partial charge in [-0.25, -0.2) is 0 Å². The Hall–Kier alpha value is -0.0800. The highest BCUT2D eigenvalue weighted by Crippen LogP contribution is 2.18. The summed E-state index contributed by atoms with van der Waals surface area (Å²) in [5.41, 5.74) is 0. The second-order valence-electron chi connectivity index (χ2n) is 4.78. The van der Waals surface area contributed by atoms with Gasteiger partial charge in [0.1, 0.15) is 0 Å². The van der Waals surface area contributed by atoms with Crippen molar-refractivity contribution in [3.8, 4) is 0 Å². The van der Waals surface area contributed by atoms with Crippen molar-refractivity contribution in [1.82, 2.24) is 10.2 Å². The molecule has 0 spiro atoms. The Morgan fingerprint density at radius 3 is 2.36 bits per heavy atom. The minimum atomic E-state index is 0.892. The minimum Gasteiger partial charge on any atom is -0.317 e. The van der Waals surface area contributed by atoms with Crippen LogP contribution in [0.4, 0.5) is 0 Å². The molecule has 2 aliphatic heterocycles. The van der Waals surface area contributed by atoms with Gasteiger partial charge in [0.2, 0.25) is 0 Å². The molecule has 1 atom stereocenters. The van der Waals surface area contributed by atoms with Gasteiger partial charge in [-0.15, -0.1) is 0 Å². The molecule has 0 aromatic rings. The monoisotopic (exact) mass is 196 g/mol. The number of nitrogens with zero attached hydrogens (tertiary/aromatic N) is 1. The van der Waals surface area contributed by atoms with Crippen LogP contribution in [0.1, 0.15) is 44.9 Å². The third-order valence-electron chi connectivity index (χ3n) is 3.70. The SMILES string of the molecule is C1CCCN(C2CCCNCC2)CC1. The standard InChI is InChI=1S/C12H24N2/c1-2-4-11-14(10-3-1)12-6-5-8-13-9-7-12/h12-13H,1-11H2. The first-order valence-electron chi connectivity index (χ1n) is 6.41. The Morgan fingerprint density at radius 1 is 0.786 bits per heavy atom. The Bertz CT molecular complexity index is 124. The molecule has 1 unspecified atom stereocenters. The lowest BCUT2D eigenvalue weighted by molar-refractivity contribution is 0.189. The zero-order valence-electron chi connectivity index (χ0n) is 9.30. The smallest absolute Gasteiger partial charge is 0.0108 e. The molecule has 2 fully saturated rings. The summed E-state index contributed by atoms with van der Waals surface area (Å²) in [7, 11) is 0. The fraction of sp³-hybridized carbons (Fsp3) is 1.00. The maximum Gasteiger partial charge on any atom is 0.0108 e. The molecule has 0 aromatic heterocycles. The van der Waals surface area contributed by atoms with E-state index in [2.05, 4.69) is 10.2 Å². The van der Waals surface area contributed by atoms with Gasteiger partial charge in [0.25, 0.3) is 0 Å². The van der Waals surface area contributed by atoms with E-state index in [4.69, 9.17) is 0 Å². The predicted octanol–water partition coefficient (Wildman–Crippen LogP) is 2.00. The van der Waals surface area contributed by atoms with E-state index in [9.17, 15) is 0 Å². The largest absolute Gasteiger partial charge is 0.317 e. The second-order valence-corrected chi connectivity index (χ2v) is 4.78. The molecular formula is C12H24N2. The van der Waals surface area contributed by atoms with Crippen molar-refractivity contribution >= 4 is 0 Å². The molecule has 2 heterocycles. The molecule has 0 bridgehead atoms. The number of nitrogens with one attached hydrogen (secondary N) is 1. The summed E-state index contributed by atoms with van der Waals surface area (Å²) in [6, 6.07) is 0.892. The number of hydrogen-bond acceptors (Lipinski definition) is 2. The molecule has 0 aliphatic carbocycles. The van der Waals surface area contributed by atoms with Crippen molar-refractivity contribution in [2.24, 2.45) is 0 Å². The zero-order chi connectivity index (χ0) is 9.64. The summed E-state index contributed by atoms with van der Waals surface area (Å²) in [5.74, 6) is 0. The van der Waals surface area contributed by atoms with Crippen molar-refractivity contribution in [2.45, 2.75) is 51.0 Å². The van der Waals surface area contributed by atoms with E-state index in [1.54, 1.807) is 0 Å². The molecule has 0 radical (unpaired) electrons. The molecule has 0 amide bonds. The molecule has 0 saturated carbocycles. The molecule has 2 heteroatoms. The van der Waals surface area contributed by atoms with Crippen molar-refractivity contribution in [3.05, 3.63) is 0 Å². The van der Waals surface area contributed by atoms with Crippen LogP contribution in [0.3, 0.4) is 0 Å². The molecular weight excluding hydrogens is 172 g/mol. The average molecular weight is 196 g/mol. The van der Waals surface area contributed by atoms with Crippen molar-refractivity contribution in [2.75, 3.05) is 26.2 Å². The van der Waals surface area contributed by atoms with Crippen LogP contribution < -0.4 is 5.32 Å². The van der Waals surface area contributed by atoms with Gasteiger partial charge in [0.05, 0.1) is 0 Å². The maximum absolute atomic E-state index is 3.51. The van der Waals surface area contributed by atoms with E-state index in [0.717, 1.165) is 6.04 Å². The topological polar surface area (TPSA) is 15.3 Å². The number of rotatable bonds is 1. The van der Waals surface area contributed by atoms with Gasteiger partial charge in [0, 0.05) is 6.04 Å². The molecule has 2 rings (SSSR count). The van der Waals surface area contributed by atoms with Crippen molar-refractivity contribution < 1.29 is 0 Å². The lowest BCUT2D eigenvalue weighted by Gasteiger charge is -2.29. The van der Waals surface area contributed by atoms with Gasteiger partial charge in [-0.3, -0.25) is 0 Å². The summed E-state index contributed by atoms with van der Waals surface area (Å²) in [5, 5.41) is 3.51. The quantitative estimate of drug-likeness (QED) is 0.690. The maximum atomic E-state index is 3.51. The predicted molar refractivity (Wildman–Crippen MR) is 60.5 cm³/mol. The Kier molecular flexibility index (Phi) is 4.26. The molecule has 2 aliphatic rings. The van der Waals surface area contributed by atoms with E-state index in [1.807, 2.05) is 0 Å². The van der Waals surface area contributed by atoms with E-state index in [1.165, 1.54) is 71.1 Å². The van der Waals surface area contributed by atoms with E-state index < -0.39 is 0 Å². The van der Waals surface area contributed by atoms with E-state index in [-0.39, 0.29) is 0 Å². The van der Waals surface area contributed by atoms with Gasteiger partial charge in [0.15, 0.2) is 0 Å². The van der Waals surface area contributed by atoms with E-state index >= 15 is 0 Å². The van der Waals surface area contributed by atoms with Crippen LogP contribution in [0, 0.1) is 0 Å². The third-order valence-corrected chi connectivity index (χ3v) is 3.70. The zero-order valence-corrected chi connectivity index (χ0v) is 9.30. The molecule has 1 N–H and O–H groups in total. The minimum absolute atomic E-state index is 0.892. The highest BCUT2D eigenvalue weighted by molar-refractivity contribution is 4.77. The summed E-state index contributed by atoms with van der Waals surface area (Å²) in [6.45, 7) is 5.21. The molecule has 14 heavy (non-hydrogen) atoms. The summed E-state index contributed by atoms with van der Waals surface area (Å²) in [6.07, 6.45) is 9.96. The van der Waals surface area contributed by atoms with Crippen LogP contribution >= 0.6 is 0 Å². The van der Waals surface area contributed by atoms with Crippen LogP contribution in [0.15, 0.2) is 0 Å². The van der Waals surface area contributed by atoms with E-state index in [0.29, 0.717) is 0 Å². The molecule has 0 aromatic carbocycles. The fourth-order valence-corrected chi connectivity index (χ4v) is 2.83. The summed E-state index contributed by atoms with van der Waals surface area (Å²) in [4.78, 5) is 2.76. The van der Waals surface area contributed by atoms with Gasteiger partial charge < -0.3 is 10.2 Å². The fourth-order valence-electron chi connectivity index (χ4n) is 2.83. The van der Waals surface area contributed by atoms with Crippen LogP contribution in [0.2, 0.25) is 0 Å². The number of hydrogen-bond donors (Lipinski definition) is 1. The van der Waals surface area contributed by atoms with Gasteiger partial charge in [-0.2, -0.15) is 0 Å². The van der Waals surface area contributed by atoms with Crippen molar-refractivity contribution in [3.63, 3.8) is 0 Å². The Morgan fingerprint density at radius 2 is 1.57 bits per heavy atom. The summed E-state index contributed by atoms with van der Waals surface area (Å²) < 4.78 is 0. The van der Waals surface area contributed by atoms with Crippen LogP contribution in [-0.4, -0.2) is 37.1 Å². The van der Waals surface area contributed by atoms with Gasteiger partial charge >= 0.3 is 0 Å². The first kappa shape index (κ1) is 10.4. The molecule has 2 saturated heterocycles. The third kappa shape index (κ3) is 2.96. The summed E-state index contributed by atoms with van der Waals surface area (Å²) >= 11 is 0. The van der Waals surface area contributed by atoms with Gasteiger partial charge in [-0.05, 0) is 58.3 Å². The van der Waals surface area contributed by atoms with Crippen LogP contribution in [0.25, 0.3) is 0 Å². The molecule has 82 valence electrons. The highest BCUT2D eigenvalue weighted by atomic mass is 15.2.